The maximum atomic E-state index is 12.8. The maximum absolute atomic E-state index is 12.8. The van der Waals surface area contributed by atoms with Gasteiger partial charge in [0.25, 0.3) is 5.56 Å². The molecular weight excluding hydrogens is 396 g/mol. The molecular formula is C23H26N4O4. The van der Waals surface area contributed by atoms with Gasteiger partial charge in [0.05, 0.1) is 36.2 Å². The number of para-hydroxylation sites is 1. The number of carbonyl (C=O) groups is 2. The summed E-state index contributed by atoms with van der Waals surface area (Å²) in [5.41, 5.74) is 1.15. The van der Waals surface area contributed by atoms with Crippen molar-refractivity contribution >= 4 is 28.5 Å². The zero-order chi connectivity index (χ0) is 22.4. The van der Waals surface area contributed by atoms with Crippen LogP contribution in [0, 0.1) is 0 Å². The van der Waals surface area contributed by atoms with E-state index < -0.39 is 12.0 Å². The third-order valence-electron chi connectivity index (χ3n) is 5.01. The van der Waals surface area contributed by atoms with E-state index >= 15 is 0 Å². The SMILES string of the molecule is CCCN(Cc1nc2cc(C(=O)OC)ccc2c(=O)[nH]1)C(C)C(=O)Nc1ccccc1. The molecule has 1 aromatic heterocycles. The van der Waals surface area contributed by atoms with Crippen molar-refractivity contribution in [1.29, 1.82) is 0 Å². The van der Waals surface area contributed by atoms with E-state index in [-0.39, 0.29) is 18.0 Å². The average molecular weight is 422 g/mol. The van der Waals surface area contributed by atoms with E-state index in [1.54, 1.807) is 6.07 Å². The zero-order valence-corrected chi connectivity index (χ0v) is 17.8. The molecule has 162 valence electrons. The van der Waals surface area contributed by atoms with Crippen molar-refractivity contribution in [3.05, 3.63) is 70.3 Å². The van der Waals surface area contributed by atoms with E-state index in [0.29, 0.717) is 28.8 Å². The summed E-state index contributed by atoms with van der Waals surface area (Å²) >= 11 is 0. The van der Waals surface area contributed by atoms with Crippen molar-refractivity contribution < 1.29 is 14.3 Å². The first-order chi connectivity index (χ1) is 14.9. The molecule has 8 heteroatoms. The van der Waals surface area contributed by atoms with Crippen LogP contribution >= 0.6 is 0 Å². The van der Waals surface area contributed by atoms with Crippen molar-refractivity contribution in [2.75, 3.05) is 19.0 Å². The van der Waals surface area contributed by atoms with Crippen molar-refractivity contribution in [3.63, 3.8) is 0 Å². The lowest BCUT2D eigenvalue weighted by atomic mass is 10.1. The van der Waals surface area contributed by atoms with Crippen LogP contribution in [-0.2, 0) is 16.1 Å². The molecule has 0 saturated carbocycles. The Kier molecular flexibility index (Phi) is 7.15. The Labute approximate surface area is 180 Å². The minimum atomic E-state index is -0.496. The number of nitrogens with zero attached hydrogens (tertiary/aromatic N) is 2. The maximum Gasteiger partial charge on any atom is 0.337 e. The number of anilines is 1. The Hall–Kier alpha value is -3.52. The van der Waals surface area contributed by atoms with Gasteiger partial charge in [0.1, 0.15) is 5.82 Å². The second-order valence-corrected chi connectivity index (χ2v) is 7.24. The number of esters is 1. The predicted octanol–water partition coefficient (Wildman–Crippen LogP) is 2.95. The van der Waals surface area contributed by atoms with E-state index in [4.69, 9.17) is 4.74 Å². The van der Waals surface area contributed by atoms with Crippen LogP contribution in [0.15, 0.2) is 53.3 Å². The van der Waals surface area contributed by atoms with E-state index in [2.05, 4.69) is 15.3 Å². The first kappa shape index (κ1) is 22.2. The number of hydrogen-bond acceptors (Lipinski definition) is 6. The third kappa shape index (κ3) is 5.35. The minimum Gasteiger partial charge on any atom is -0.465 e. The van der Waals surface area contributed by atoms with Crippen LogP contribution in [0.3, 0.4) is 0 Å². The highest BCUT2D eigenvalue weighted by Gasteiger charge is 2.22. The zero-order valence-electron chi connectivity index (χ0n) is 17.8. The third-order valence-corrected chi connectivity index (χ3v) is 5.01. The number of H-pyrrole nitrogens is 1. The lowest BCUT2D eigenvalue weighted by Gasteiger charge is -2.27. The van der Waals surface area contributed by atoms with E-state index in [0.717, 1.165) is 12.1 Å². The number of carbonyl (C=O) groups excluding carboxylic acids is 2. The quantitative estimate of drug-likeness (QED) is 0.541. The first-order valence-corrected chi connectivity index (χ1v) is 10.1. The second kappa shape index (κ2) is 9.99. The van der Waals surface area contributed by atoms with Crippen LogP contribution in [0.4, 0.5) is 5.69 Å². The van der Waals surface area contributed by atoms with Gasteiger partial charge in [0.2, 0.25) is 5.91 Å². The number of methoxy groups -OCH3 is 1. The van der Waals surface area contributed by atoms with Crippen molar-refractivity contribution in [3.8, 4) is 0 Å². The Bertz CT molecular complexity index is 1130. The standard InChI is InChI=1S/C23H26N4O4/c1-4-12-27(15(2)21(28)24-17-8-6-5-7-9-17)14-20-25-19-13-16(23(30)31-3)10-11-18(19)22(29)26-20/h5-11,13,15H,4,12,14H2,1-3H3,(H,24,28)(H,25,26,29). The molecule has 3 aromatic rings. The first-order valence-electron chi connectivity index (χ1n) is 10.1. The molecule has 0 aliphatic carbocycles. The molecule has 0 fully saturated rings. The predicted molar refractivity (Wildman–Crippen MR) is 119 cm³/mol. The van der Waals surface area contributed by atoms with Gasteiger partial charge in [-0.15, -0.1) is 0 Å². The molecule has 1 unspecified atom stereocenters. The van der Waals surface area contributed by atoms with Crippen molar-refractivity contribution in [2.24, 2.45) is 0 Å². The van der Waals surface area contributed by atoms with E-state index in [1.807, 2.05) is 49.1 Å². The number of nitrogens with one attached hydrogen (secondary N) is 2. The summed E-state index contributed by atoms with van der Waals surface area (Å²) in [6, 6.07) is 13.4. The van der Waals surface area contributed by atoms with Crippen LogP contribution in [0.2, 0.25) is 0 Å². The number of aromatic amines is 1. The van der Waals surface area contributed by atoms with Crippen molar-refractivity contribution in [2.45, 2.75) is 32.9 Å². The molecule has 8 nitrogen and oxygen atoms in total. The fourth-order valence-corrected chi connectivity index (χ4v) is 3.33. The van der Waals surface area contributed by atoms with Crippen LogP contribution in [0.25, 0.3) is 10.9 Å². The smallest absolute Gasteiger partial charge is 0.337 e. The molecule has 3 rings (SSSR count). The van der Waals surface area contributed by atoms with Gasteiger partial charge in [-0.1, -0.05) is 25.1 Å². The molecule has 0 aliphatic heterocycles. The summed E-state index contributed by atoms with van der Waals surface area (Å²) in [6.07, 6.45) is 0.827. The van der Waals surface area contributed by atoms with Gasteiger partial charge < -0.3 is 15.0 Å². The van der Waals surface area contributed by atoms with Crippen LogP contribution < -0.4 is 10.9 Å². The van der Waals surface area contributed by atoms with Crippen LogP contribution in [-0.4, -0.2) is 46.4 Å². The highest BCUT2D eigenvalue weighted by molar-refractivity contribution is 5.95. The topological polar surface area (TPSA) is 104 Å². The fourth-order valence-electron chi connectivity index (χ4n) is 3.33. The Morgan fingerprint density at radius 2 is 1.94 bits per heavy atom. The summed E-state index contributed by atoms with van der Waals surface area (Å²) in [7, 11) is 1.30. The number of hydrogen-bond donors (Lipinski definition) is 2. The summed E-state index contributed by atoms with van der Waals surface area (Å²) in [5, 5.41) is 3.29. The molecule has 2 aromatic carbocycles. The fraction of sp³-hybridized carbons (Fsp3) is 0.304. The van der Waals surface area contributed by atoms with Gasteiger partial charge in [-0.25, -0.2) is 9.78 Å². The number of fused-ring (bicyclic) bond motifs is 1. The lowest BCUT2D eigenvalue weighted by Crippen LogP contribution is -2.42. The molecule has 0 aliphatic rings. The summed E-state index contributed by atoms with van der Waals surface area (Å²) < 4.78 is 4.74. The lowest BCUT2D eigenvalue weighted by molar-refractivity contribution is -0.121. The molecule has 0 spiro atoms. The monoisotopic (exact) mass is 422 g/mol. The minimum absolute atomic E-state index is 0.143. The number of ether oxygens (including phenoxy) is 1. The second-order valence-electron chi connectivity index (χ2n) is 7.24. The Morgan fingerprint density at radius 3 is 2.61 bits per heavy atom. The number of rotatable bonds is 8. The van der Waals surface area contributed by atoms with Crippen LogP contribution in [0.5, 0.6) is 0 Å². The van der Waals surface area contributed by atoms with Gasteiger partial charge in [-0.05, 0) is 50.2 Å². The molecule has 0 radical (unpaired) electrons. The van der Waals surface area contributed by atoms with Crippen LogP contribution in [0.1, 0.15) is 36.5 Å². The van der Waals surface area contributed by atoms with Crippen molar-refractivity contribution in [1.82, 2.24) is 14.9 Å². The Morgan fingerprint density at radius 1 is 1.19 bits per heavy atom. The van der Waals surface area contributed by atoms with E-state index in [1.165, 1.54) is 19.2 Å². The number of amides is 1. The molecule has 0 bridgehead atoms. The molecule has 1 atom stereocenters. The van der Waals surface area contributed by atoms with Gasteiger partial charge in [0, 0.05) is 5.69 Å². The summed E-state index contributed by atoms with van der Waals surface area (Å²) in [6.45, 7) is 4.77. The van der Waals surface area contributed by atoms with E-state index in [9.17, 15) is 14.4 Å². The largest absolute Gasteiger partial charge is 0.465 e. The van der Waals surface area contributed by atoms with Gasteiger partial charge in [-0.3, -0.25) is 14.5 Å². The molecule has 1 amide bonds. The average Bonchev–Trinajstić information content (AvgIpc) is 2.78. The molecule has 2 N–H and O–H groups in total. The number of benzene rings is 2. The number of aromatic nitrogens is 2. The summed E-state index contributed by atoms with van der Waals surface area (Å²) in [5.74, 6) is -0.215. The van der Waals surface area contributed by atoms with Gasteiger partial charge in [-0.2, -0.15) is 0 Å². The van der Waals surface area contributed by atoms with Gasteiger partial charge >= 0.3 is 5.97 Å². The molecule has 31 heavy (non-hydrogen) atoms. The highest BCUT2D eigenvalue weighted by Crippen LogP contribution is 2.14. The summed E-state index contributed by atoms with van der Waals surface area (Å²) in [4.78, 5) is 46.4. The Balaban J connectivity index is 1.85. The molecule has 1 heterocycles. The molecule has 0 saturated heterocycles. The van der Waals surface area contributed by atoms with Gasteiger partial charge in [0.15, 0.2) is 0 Å². The normalized spacial score (nSPS) is 12.0. The highest BCUT2D eigenvalue weighted by atomic mass is 16.5.